The van der Waals surface area contributed by atoms with E-state index in [4.69, 9.17) is 4.74 Å². The zero-order chi connectivity index (χ0) is 14.9. The van der Waals surface area contributed by atoms with Gasteiger partial charge in [0.25, 0.3) is 0 Å². The Morgan fingerprint density at radius 3 is 2.60 bits per heavy atom. The Bertz CT molecular complexity index is 644. The molecule has 0 aliphatic carbocycles. The first-order valence-electron chi connectivity index (χ1n) is 5.86. The number of fused-ring (bicyclic) bond motifs is 1. The van der Waals surface area contributed by atoms with Crippen molar-refractivity contribution in [3.8, 4) is 5.75 Å². The van der Waals surface area contributed by atoms with E-state index < -0.39 is 11.9 Å². The van der Waals surface area contributed by atoms with Crippen LogP contribution in [0, 0.1) is 0 Å². The Hall–Kier alpha value is -1.50. The van der Waals surface area contributed by atoms with Gasteiger partial charge in [-0.2, -0.15) is 13.2 Å². The van der Waals surface area contributed by atoms with Gasteiger partial charge in [0, 0.05) is 16.7 Å². The summed E-state index contributed by atoms with van der Waals surface area (Å²) in [6.07, 6.45) is -4.50. The van der Waals surface area contributed by atoms with Crippen LogP contribution in [0.3, 0.4) is 0 Å². The van der Waals surface area contributed by atoms with Crippen molar-refractivity contribution in [1.82, 2.24) is 4.98 Å². The summed E-state index contributed by atoms with van der Waals surface area (Å²) in [6.45, 7) is 2.30. The summed E-state index contributed by atoms with van der Waals surface area (Å²) in [7, 11) is 1.47. The lowest BCUT2D eigenvalue weighted by atomic mass is 10.1. The first-order valence-corrected chi connectivity index (χ1v) is 6.66. The number of methoxy groups -OCH3 is 1. The lowest BCUT2D eigenvalue weighted by molar-refractivity contribution is -0.140. The van der Waals surface area contributed by atoms with Crippen molar-refractivity contribution >= 4 is 32.5 Å². The number of nitrogens with one attached hydrogen (secondary N) is 1. The van der Waals surface area contributed by atoms with E-state index in [1.807, 2.05) is 6.92 Å². The van der Waals surface area contributed by atoms with E-state index in [2.05, 4.69) is 26.2 Å². The molecule has 20 heavy (non-hydrogen) atoms. The largest absolute Gasteiger partial charge is 0.496 e. The van der Waals surface area contributed by atoms with Crippen LogP contribution in [0.2, 0.25) is 0 Å². The van der Waals surface area contributed by atoms with Gasteiger partial charge in [0.15, 0.2) is 0 Å². The van der Waals surface area contributed by atoms with Gasteiger partial charge in [0.05, 0.1) is 18.0 Å². The first-order chi connectivity index (χ1) is 9.38. The molecule has 3 nitrogen and oxygen atoms in total. The normalized spacial score (nSPS) is 11.7. The number of benzene rings is 1. The third kappa shape index (κ3) is 2.67. The monoisotopic (exact) mass is 348 g/mol. The van der Waals surface area contributed by atoms with E-state index in [0.717, 1.165) is 6.07 Å². The minimum absolute atomic E-state index is 0.218. The molecular weight excluding hydrogens is 337 g/mol. The number of ether oxygens (including phenoxy) is 1. The SMILES string of the molecule is CCNc1cc(C(F)(F)F)nc2c(Br)ccc(OC)c12. The minimum atomic E-state index is -4.50. The average Bonchev–Trinajstić information content (AvgIpc) is 2.39. The van der Waals surface area contributed by atoms with Gasteiger partial charge >= 0.3 is 6.18 Å². The summed E-state index contributed by atoms with van der Waals surface area (Å²) in [4.78, 5) is 3.71. The van der Waals surface area contributed by atoms with Crippen LogP contribution in [0.25, 0.3) is 10.9 Å². The lowest BCUT2D eigenvalue weighted by Gasteiger charge is -2.15. The summed E-state index contributed by atoms with van der Waals surface area (Å²) in [5.41, 5.74) is -0.368. The fourth-order valence-electron chi connectivity index (χ4n) is 1.92. The first kappa shape index (κ1) is 14.9. The van der Waals surface area contributed by atoms with Crippen molar-refractivity contribution in [2.75, 3.05) is 19.0 Å². The fraction of sp³-hybridized carbons (Fsp3) is 0.308. The highest BCUT2D eigenvalue weighted by molar-refractivity contribution is 9.10. The molecular formula is C13H12BrF3N2O. The van der Waals surface area contributed by atoms with Crippen LogP contribution in [0.5, 0.6) is 5.75 Å². The molecule has 0 saturated heterocycles. The second-order valence-corrected chi connectivity index (χ2v) is 4.91. The Labute approximate surface area is 122 Å². The third-order valence-electron chi connectivity index (χ3n) is 2.75. The van der Waals surface area contributed by atoms with Gasteiger partial charge in [-0.3, -0.25) is 0 Å². The van der Waals surface area contributed by atoms with Gasteiger partial charge in [-0.05, 0) is 41.1 Å². The Balaban J connectivity index is 2.84. The van der Waals surface area contributed by atoms with E-state index in [9.17, 15) is 13.2 Å². The molecule has 2 aromatic rings. The number of hydrogen-bond donors (Lipinski definition) is 1. The molecule has 1 heterocycles. The van der Waals surface area contributed by atoms with Crippen LogP contribution >= 0.6 is 15.9 Å². The highest BCUT2D eigenvalue weighted by atomic mass is 79.9. The average molecular weight is 349 g/mol. The van der Waals surface area contributed by atoms with Crippen LogP contribution in [-0.4, -0.2) is 18.6 Å². The molecule has 0 amide bonds. The molecule has 2 rings (SSSR count). The van der Waals surface area contributed by atoms with Crippen molar-refractivity contribution in [2.45, 2.75) is 13.1 Å². The number of aromatic nitrogens is 1. The predicted molar refractivity (Wildman–Crippen MR) is 75.2 cm³/mol. The van der Waals surface area contributed by atoms with Crippen molar-refractivity contribution in [3.05, 3.63) is 28.4 Å². The standard InChI is InChI=1S/C13H12BrF3N2O/c1-3-18-8-6-10(13(15,16)17)19-12-7(14)4-5-9(20-2)11(8)12/h4-6H,3H2,1-2H3,(H,18,19). The van der Waals surface area contributed by atoms with Crippen molar-refractivity contribution in [3.63, 3.8) is 0 Å². The Morgan fingerprint density at radius 1 is 1.35 bits per heavy atom. The van der Waals surface area contributed by atoms with Gasteiger partial charge in [-0.1, -0.05) is 0 Å². The number of pyridine rings is 1. The van der Waals surface area contributed by atoms with E-state index in [0.29, 0.717) is 27.8 Å². The summed E-state index contributed by atoms with van der Waals surface area (Å²) >= 11 is 3.23. The Kier molecular flexibility index (Phi) is 4.08. The van der Waals surface area contributed by atoms with Crippen molar-refractivity contribution < 1.29 is 17.9 Å². The molecule has 1 aromatic heterocycles. The molecule has 1 aromatic carbocycles. The summed E-state index contributed by atoms with van der Waals surface area (Å²) in [6, 6.07) is 4.30. The molecule has 1 N–H and O–H groups in total. The van der Waals surface area contributed by atoms with Gasteiger partial charge in [0.1, 0.15) is 11.4 Å². The van der Waals surface area contributed by atoms with E-state index >= 15 is 0 Å². The molecule has 0 aliphatic rings. The molecule has 0 atom stereocenters. The molecule has 0 fully saturated rings. The van der Waals surface area contributed by atoms with Crippen molar-refractivity contribution in [1.29, 1.82) is 0 Å². The minimum Gasteiger partial charge on any atom is -0.496 e. The lowest BCUT2D eigenvalue weighted by Crippen LogP contribution is -2.10. The molecule has 108 valence electrons. The van der Waals surface area contributed by atoms with Crippen LogP contribution in [0.4, 0.5) is 18.9 Å². The van der Waals surface area contributed by atoms with Crippen LogP contribution in [-0.2, 0) is 6.18 Å². The second-order valence-electron chi connectivity index (χ2n) is 4.06. The molecule has 0 bridgehead atoms. The van der Waals surface area contributed by atoms with E-state index in [1.165, 1.54) is 7.11 Å². The van der Waals surface area contributed by atoms with Crippen LogP contribution in [0.15, 0.2) is 22.7 Å². The molecule has 0 radical (unpaired) electrons. The van der Waals surface area contributed by atoms with E-state index in [1.54, 1.807) is 12.1 Å². The van der Waals surface area contributed by atoms with Crippen LogP contribution < -0.4 is 10.1 Å². The number of halogens is 4. The smallest absolute Gasteiger partial charge is 0.433 e. The highest BCUT2D eigenvalue weighted by Crippen LogP contribution is 2.39. The van der Waals surface area contributed by atoms with Gasteiger partial charge in [-0.15, -0.1) is 0 Å². The predicted octanol–water partition coefficient (Wildman–Crippen LogP) is 4.46. The van der Waals surface area contributed by atoms with Gasteiger partial charge < -0.3 is 10.1 Å². The summed E-state index contributed by atoms with van der Waals surface area (Å²) < 4.78 is 44.4. The molecule has 7 heteroatoms. The number of rotatable bonds is 3. The molecule has 0 unspecified atom stereocenters. The summed E-state index contributed by atoms with van der Waals surface area (Å²) in [5, 5.41) is 3.45. The Morgan fingerprint density at radius 2 is 2.05 bits per heavy atom. The molecule has 0 spiro atoms. The molecule has 0 aliphatic heterocycles. The maximum atomic E-state index is 12.9. The second kappa shape index (κ2) is 5.47. The third-order valence-corrected chi connectivity index (χ3v) is 3.39. The molecule has 0 saturated carbocycles. The number of hydrogen-bond acceptors (Lipinski definition) is 3. The highest BCUT2D eigenvalue weighted by Gasteiger charge is 2.34. The zero-order valence-electron chi connectivity index (χ0n) is 10.8. The topological polar surface area (TPSA) is 34.2 Å². The van der Waals surface area contributed by atoms with Crippen molar-refractivity contribution in [2.24, 2.45) is 0 Å². The maximum Gasteiger partial charge on any atom is 0.433 e. The summed E-state index contributed by atoms with van der Waals surface area (Å²) in [5.74, 6) is 0.473. The van der Waals surface area contributed by atoms with Gasteiger partial charge in [-0.25, -0.2) is 4.98 Å². The van der Waals surface area contributed by atoms with E-state index in [-0.39, 0.29) is 5.52 Å². The fourth-order valence-corrected chi connectivity index (χ4v) is 2.34. The van der Waals surface area contributed by atoms with Gasteiger partial charge in [0.2, 0.25) is 0 Å². The number of nitrogens with zero attached hydrogens (tertiary/aromatic N) is 1. The maximum absolute atomic E-state index is 12.9. The number of alkyl halides is 3. The number of anilines is 1. The zero-order valence-corrected chi connectivity index (χ0v) is 12.4. The van der Waals surface area contributed by atoms with Crippen LogP contribution in [0.1, 0.15) is 12.6 Å². The quantitative estimate of drug-likeness (QED) is 0.889.